The van der Waals surface area contributed by atoms with Crippen molar-refractivity contribution in [1.29, 1.82) is 0 Å². The molecule has 166 valence electrons. The van der Waals surface area contributed by atoms with Gasteiger partial charge in [-0.15, -0.1) is 24.0 Å². The molecule has 0 saturated heterocycles. The predicted octanol–water partition coefficient (Wildman–Crippen LogP) is 3.74. The van der Waals surface area contributed by atoms with Gasteiger partial charge in [-0.25, -0.2) is 4.39 Å². The van der Waals surface area contributed by atoms with Gasteiger partial charge in [0.25, 0.3) is 0 Å². The molecule has 6 nitrogen and oxygen atoms in total. The number of benzene rings is 2. The first kappa shape index (κ1) is 26.0. The van der Waals surface area contributed by atoms with Gasteiger partial charge in [0.15, 0.2) is 17.5 Å². The Morgan fingerprint density at radius 2 is 1.77 bits per heavy atom. The molecule has 0 amide bonds. The van der Waals surface area contributed by atoms with Crippen LogP contribution in [0.1, 0.15) is 22.7 Å². The minimum Gasteiger partial charge on any atom is -0.493 e. The van der Waals surface area contributed by atoms with Crippen molar-refractivity contribution in [2.45, 2.75) is 19.5 Å². The normalized spacial score (nSPS) is 12.2. The first-order chi connectivity index (χ1) is 13.9. The molecule has 2 N–H and O–H groups in total. The molecule has 2 aromatic carbocycles. The van der Waals surface area contributed by atoms with Crippen LogP contribution in [0, 0.1) is 12.7 Å². The number of likely N-dealkylation sites (N-methyl/N-ethyl adjacent to an activating group) is 1. The third kappa shape index (κ3) is 7.02. The number of aryl methyl sites for hydroxylation is 1. The summed E-state index contributed by atoms with van der Waals surface area (Å²) in [4.78, 5) is 6.42. The maximum atomic E-state index is 13.4. The molecule has 2 aromatic rings. The SMILES string of the molecule is CN=C(NCc1ccc(F)c(C)c1)NCC(c1ccc(OC)c(OC)c1)N(C)C.I. The molecular formula is C22H32FIN4O2. The van der Waals surface area contributed by atoms with E-state index in [9.17, 15) is 4.39 Å². The van der Waals surface area contributed by atoms with Crippen molar-refractivity contribution in [3.8, 4) is 11.5 Å². The van der Waals surface area contributed by atoms with Crippen LogP contribution in [0.2, 0.25) is 0 Å². The van der Waals surface area contributed by atoms with Crippen LogP contribution in [-0.2, 0) is 6.54 Å². The van der Waals surface area contributed by atoms with Crippen LogP contribution in [0.4, 0.5) is 4.39 Å². The van der Waals surface area contributed by atoms with Gasteiger partial charge < -0.3 is 25.0 Å². The van der Waals surface area contributed by atoms with Crippen LogP contribution in [0.25, 0.3) is 0 Å². The third-order valence-corrected chi connectivity index (χ3v) is 4.78. The lowest BCUT2D eigenvalue weighted by Gasteiger charge is -2.26. The molecule has 0 aliphatic rings. The molecular weight excluding hydrogens is 498 g/mol. The van der Waals surface area contributed by atoms with Gasteiger partial charge in [0, 0.05) is 20.1 Å². The number of guanidine groups is 1. The van der Waals surface area contributed by atoms with Gasteiger partial charge in [-0.05, 0) is 55.9 Å². The molecule has 0 fully saturated rings. The van der Waals surface area contributed by atoms with Crippen LogP contribution in [-0.4, -0.2) is 52.8 Å². The van der Waals surface area contributed by atoms with Crippen molar-refractivity contribution in [2.75, 3.05) is 41.9 Å². The molecule has 0 aromatic heterocycles. The van der Waals surface area contributed by atoms with E-state index in [0.29, 0.717) is 36.1 Å². The van der Waals surface area contributed by atoms with Crippen LogP contribution in [0.3, 0.4) is 0 Å². The summed E-state index contributed by atoms with van der Waals surface area (Å²) in [5, 5.41) is 6.63. The Morgan fingerprint density at radius 1 is 1.07 bits per heavy atom. The summed E-state index contributed by atoms with van der Waals surface area (Å²) in [5.74, 6) is 1.89. The highest BCUT2D eigenvalue weighted by molar-refractivity contribution is 14.0. The monoisotopic (exact) mass is 530 g/mol. The Kier molecular flexibility index (Phi) is 10.9. The number of aliphatic imine (C=N–C) groups is 1. The molecule has 30 heavy (non-hydrogen) atoms. The first-order valence-corrected chi connectivity index (χ1v) is 9.47. The van der Waals surface area contributed by atoms with Crippen molar-refractivity contribution < 1.29 is 13.9 Å². The van der Waals surface area contributed by atoms with Crippen molar-refractivity contribution in [3.63, 3.8) is 0 Å². The standard InChI is InChI=1S/C22H31FN4O2.HI/c1-15-11-16(7-9-18(15)23)13-25-22(24-2)26-14-19(27(3)4)17-8-10-20(28-5)21(12-17)29-6;/h7-12,19H,13-14H2,1-6H3,(H2,24,25,26);1H. The summed E-state index contributed by atoms with van der Waals surface area (Å²) >= 11 is 0. The minimum atomic E-state index is -0.194. The van der Waals surface area contributed by atoms with Gasteiger partial charge >= 0.3 is 0 Å². The highest BCUT2D eigenvalue weighted by Gasteiger charge is 2.17. The minimum absolute atomic E-state index is 0. The fourth-order valence-corrected chi connectivity index (χ4v) is 3.08. The Bertz CT molecular complexity index is 846. The molecule has 0 aliphatic heterocycles. The number of halogens is 2. The second-order valence-electron chi connectivity index (χ2n) is 6.98. The Hall–Kier alpha value is -2.07. The summed E-state index contributed by atoms with van der Waals surface area (Å²) in [6.45, 7) is 2.96. The molecule has 1 atom stereocenters. The van der Waals surface area contributed by atoms with Crippen molar-refractivity contribution >= 4 is 29.9 Å². The molecule has 0 spiro atoms. The Balaban J connectivity index is 0.00000450. The van der Waals surface area contributed by atoms with Crippen LogP contribution in [0.5, 0.6) is 11.5 Å². The number of nitrogens with one attached hydrogen (secondary N) is 2. The summed E-state index contributed by atoms with van der Waals surface area (Å²) in [6.07, 6.45) is 0. The number of ether oxygens (including phenoxy) is 2. The summed E-state index contributed by atoms with van der Waals surface area (Å²) < 4.78 is 24.2. The largest absolute Gasteiger partial charge is 0.493 e. The average molecular weight is 530 g/mol. The van der Waals surface area contributed by atoms with Crippen molar-refractivity contribution in [1.82, 2.24) is 15.5 Å². The molecule has 0 bridgehead atoms. The number of hydrogen-bond donors (Lipinski definition) is 2. The number of methoxy groups -OCH3 is 2. The van der Waals surface area contributed by atoms with Crippen LogP contribution < -0.4 is 20.1 Å². The van der Waals surface area contributed by atoms with Gasteiger partial charge in [-0.2, -0.15) is 0 Å². The first-order valence-electron chi connectivity index (χ1n) is 9.47. The second-order valence-corrected chi connectivity index (χ2v) is 6.98. The number of hydrogen-bond acceptors (Lipinski definition) is 4. The smallest absolute Gasteiger partial charge is 0.191 e. The lowest BCUT2D eigenvalue weighted by molar-refractivity contribution is 0.295. The molecule has 0 aliphatic carbocycles. The van der Waals surface area contributed by atoms with E-state index < -0.39 is 0 Å². The van der Waals surface area contributed by atoms with E-state index in [1.54, 1.807) is 34.3 Å². The van der Waals surface area contributed by atoms with E-state index in [1.807, 2.05) is 38.4 Å². The van der Waals surface area contributed by atoms with E-state index in [-0.39, 0.29) is 35.8 Å². The third-order valence-electron chi connectivity index (χ3n) is 4.78. The van der Waals surface area contributed by atoms with Crippen LogP contribution in [0.15, 0.2) is 41.4 Å². The fraction of sp³-hybridized carbons (Fsp3) is 0.409. The molecule has 0 saturated carbocycles. The zero-order chi connectivity index (χ0) is 21.4. The van der Waals surface area contributed by atoms with E-state index in [4.69, 9.17) is 9.47 Å². The lowest BCUT2D eigenvalue weighted by atomic mass is 10.1. The van der Waals surface area contributed by atoms with Gasteiger partial charge in [-0.1, -0.05) is 18.2 Å². The van der Waals surface area contributed by atoms with E-state index in [2.05, 4.69) is 20.5 Å². The van der Waals surface area contributed by atoms with Gasteiger partial charge in [-0.3, -0.25) is 4.99 Å². The van der Waals surface area contributed by atoms with Crippen LogP contribution >= 0.6 is 24.0 Å². The lowest BCUT2D eigenvalue weighted by Crippen LogP contribution is -2.41. The summed E-state index contributed by atoms with van der Waals surface area (Å²) in [7, 11) is 9.04. The zero-order valence-corrected chi connectivity index (χ0v) is 20.8. The summed E-state index contributed by atoms with van der Waals surface area (Å²) in [5.41, 5.74) is 2.73. The maximum absolute atomic E-state index is 13.4. The average Bonchev–Trinajstić information content (AvgIpc) is 2.72. The molecule has 0 radical (unpaired) electrons. The van der Waals surface area contributed by atoms with Gasteiger partial charge in [0.1, 0.15) is 5.82 Å². The number of nitrogens with zero attached hydrogens (tertiary/aromatic N) is 2. The quantitative estimate of drug-likeness (QED) is 0.310. The zero-order valence-electron chi connectivity index (χ0n) is 18.5. The molecule has 2 rings (SSSR count). The molecule has 0 heterocycles. The van der Waals surface area contributed by atoms with Gasteiger partial charge in [0.2, 0.25) is 0 Å². The molecule has 8 heteroatoms. The van der Waals surface area contributed by atoms with Crippen molar-refractivity contribution in [3.05, 3.63) is 58.9 Å². The summed E-state index contributed by atoms with van der Waals surface area (Å²) in [6, 6.07) is 11.1. The fourth-order valence-electron chi connectivity index (χ4n) is 3.08. The maximum Gasteiger partial charge on any atom is 0.191 e. The number of rotatable bonds is 8. The second kappa shape index (κ2) is 12.6. The van der Waals surface area contributed by atoms with E-state index in [1.165, 1.54) is 6.07 Å². The highest BCUT2D eigenvalue weighted by Crippen LogP contribution is 2.31. The van der Waals surface area contributed by atoms with E-state index in [0.717, 1.165) is 11.1 Å². The predicted molar refractivity (Wildman–Crippen MR) is 131 cm³/mol. The Morgan fingerprint density at radius 3 is 2.33 bits per heavy atom. The topological polar surface area (TPSA) is 58.1 Å². The highest BCUT2D eigenvalue weighted by atomic mass is 127. The van der Waals surface area contributed by atoms with Crippen molar-refractivity contribution in [2.24, 2.45) is 4.99 Å². The van der Waals surface area contributed by atoms with E-state index >= 15 is 0 Å². The Labute approximate surface area is 195 Å². The van der Waals surface area contributed by atoms with Gasteiger partial charge in [0.05, 0.1) is 20.3 Å². The molecule has 1 unspecified atom stereocenters.